The summed E-state index contributed by atoms with van der Waals surface area (Å²) in [6.45, 7) is 3.72. The monoisotopic (exact) mass is 300 g/mol. The van der Waals surface area contributed by atoms with Crippen LogP contribution in [0.2, 0.25) is 0 Å². The quantitative estimate of drug-likeness (QED) is 0.418. The largest absolute Gasteiger partial charge is 0.276 e. The molecule has 0 unspecified atom stereocenters. The van der Waals surface area contributed by atoms with Gasteiger partial charge in [-0.05, 0) is 23.6 Å². The lowest BCUT2D eigenvalue weighted by Crippen LogP contribution is -2.20. The van der Waals surface area contributed by atoms with Gasteiger partial charge < -0.3 is 0 Å². The van der Waals surface area contributed by atoms with E-state index in [1.807, 2.05) is 47.9 Å². The first-order valence-corrected chi connectivity index (χ1v) is 7.97. The Hall–Kier alpha value is -1.85. The highest BCUT2D eigenvalue weighted by Gasteiger charge is 2.13. The van der Waals surface area contributed by atoms with Gasteiger partial charge in [0.25, 0.3) is 5.56 Å². The van der Waals surface area contributed by atoms with Crippen molar-refractivity contribution in [3.8, 4) is 5.69 Å². The maximum Gasteiger partial charge on any atom is 0.276 e. The molecule has 3 rings (SSSR count). The van der Waals surface area contributed by atoms with Crippen molar-refractivity contribution >= 4 is 33.3 Å². The van der Waals surface area contributed by atoms with E-state index in [-0.39, 0.29) is 5.56 Å². The summed E-state index contributed by atoms with van der Waals surface area (Å²) >= 11 is 2.94. The molecule has 20 heavy (non-hydrogen) atoms. The first-order chi connectivity index (χ1) is 9.81. The summed E-state index contributed by atoms with van der Waals surface area (Å²) in [5.74, 6) is 0.717. The van der Waals surface area contributed by atoms with Gasteiger partial charge in [-0.15, -0.1) is 17.9 Å². The summed E-state index contributed by atoms with van der Waals surface area (Å²) in [5, 5.41) is 2.60. The topological polar surface area (TPSA) is 34.9 Å². The molecular formula is C15H12N2OS2. The van der Waals surface area contributed by atoms with Crippen molar-refractivity contribution < 1.29 is 0 Å². The summed E-state index contributed by atoms with van der Waals surface area (Å²) in [5.41, 5.74) is 1.59. The van der Waals surface area contributed by atoms with Crippen molar-refractivity contribution in [3.05, 3.63) is 64.8 Å². The lowest BCUT2D eigenvalue weighted by Gasteiger charge is -2.11. The summed E-state index contributed by atoms with van der Waals surface area (Å²) < 4.78 is 2.37. The molecule has 0 radical (unpaired) electrons. The van der Waals surface area contributed by atoms with Crippen LogP contribution < -0.4 is 5.56 Å². The number of thiophene rings is 1. The van der Waals surface area contributed by atoms with E-state index in [9.17, 15) is 4.79 Å². The van der Waals surface area contributed by atoms with Gasteiger partial charge in [0.15, 0.2) is 5.16 Å². The average Bonchev–Trinajstić information content (AvgIpc) is 2.95. The van der Waals surface area contributed by atoms with Crippen LogP contribution in [0.3, 0.4) is 0 Å². The molecule has 100 valence electrons. The minimum Gasteiger partial charge on any atom is -0.267 e. The molecule has 0 saturated carbocycles. The van der Waals surface area contributed by atoms with Crippen LogP contribution in [0.15, 0.2) is 64.4 Å². The molecule has 0 saturated heterocycles. The van der Waals surface area contributed by atoms with Gasteiger partial charge in [-0.25, -0.2) is 4.98 Å². The molecule has 2 heterocycles. The van der Waals surface area contributed by atoms with Crippen LogP contribution in [0, 0.1) is 0 Å². The number of nitrogens with zero attached hydrogens (tertiary/aromatic N) is 2. The first-order valence-electron chi connectivity index (χ1n) is 6.10. The maximum absolute atomic E-state index is 12.7. The Kier molecular flexibility index (Phi) is 3.71. The molecule has 0 aliphatic heterocycles. The molecule has 0 fully saturated rings. The predicted octanol–water partition coefficient (Wildman–Crippen LogP) is 3.73. The third kappa shape index (κ3) is 2.30. The Labute approximate surface area is 124 Å². The van der Waals surface area contributed by atoms with E-state index in [0.717, 1.165) is 17.0 Å². The molecule has 5 heteroatoms. The normalized spacial score (nSPS) is 10.8. The summed E-state index contributed by atoms with van der Waals surface area (Å²) in [6, 6.07) is 11.5. The highest BCUT2D eigenvalue weighted by molar-refractivity contribution is 7.99. The summed E-state index contributed by atoms with van der Waals surface area (Å²) in [7, 11) is 0. The number of aromatic nitrogens is 2. The van der Waals surface area contributed by atoms with E-state index in [1.54, 1.807) is 4.57 Å². The fourth-order valence-electron chi connectivity index (χ4n) is 1.93. The minimum atomic E-state index is -0.0113. The first kappa shape index (κ1) is 13.1. The van der Waals surface area contributed by atoms with E-state index in [0.29, 0.717) is 9.86 Å². The van der Waals surface area contributed by atoms with Crippen LogP contribution >= 0.6 is 23.1 Å². The lowest BCUT2D eigenvalue weighted by atomic mass is 10.3. The second kappa shape index (κ2) is 5.64. The maximum atomic E-state index is 12.7. The fraction of sp³-hybridized carbons (Fsp3) is 0.0667. The average molecular weight is 300 g/mol. The molecular weight excluding hydrogens is 288 g/mol. The van der Waals surface area contributed by atoms with Crippen molar-refractivity contribution in [2.24, 2.45) is 0 Å². The van der Waals surface area contributed by atoms with E-state index >= 15 is 0 Å². The van der Waals surface area contributed by atoms with Crippen molar-refractivity contribution in [2.75, 3.05) is 5.75 Å². The Balaban J connectivity index is 2.28. The molecule has 3 nitrogen and oxygen atoms in total. The van der Waals surface area contributed by atoms with Crippen molar-refractivity contribution in [1.29, 1.82) is 0 Å². The Morgan fingerprint density at radius 1 is 1.30 bits per heavy atom. The Bertz CT molecular complexity index is 806. The fourth-order valence-corrected chi connectivity index (χ4v) is 3.43. The Morgan fingerprint density at radius 2 is 2.10 bits per heavy atom. The number of benzene rings is 1. The zero-order valence-corrected chi connectivity index (χ0v) is 12.3. The van der Waals surface area contributed by atoms with E-state index < -0.39 is 0 Å². The Morgan fingerprint density at radius 3 is 2.85 bits per heavy atom. The summed E-state index contributed by atoms with van der Waals surface area (Å²) in [4.78, 5) is 17.3. The van der Waals surface area contributed by atoms with Gasteiger partial charge in [-0.3, -0.25) is 9.36 Å². The number of rotatable bonds is 4. The molecule has 0 spiro atoms. The third-order valence-corrected chi connectivity index (χ3v) is 4.62. The smallest absolute Gasteiger partial charge is 0.267 e. The van der Waals surface area contributed by atoms with Gasteiger partial charge in [-0.2, -0.15) is 0 Å². The molecule has 0 aliphatic carbocycles. The molecule has 0 amide bonds. The number of hydrogen-bond donors (Lipinski definition) is 0. The molecule has 0 atom stereocenters. The second-order valence-corrected chi connectivity index (χ2v) is 6.01. The van der Waals surface area contributed by atoms with Crippen molar-refractivity contribution in [3.63, 3.8) is 0 Å². The molecule has 3 aromatic rings. The van der Waals surface area contributed by atoms with Crippen LogP contribution in [0.4, 0.5) is 0 Å². The van der Waals surface area contributed by atoms with E-state index in [4.69, 9.17) is 0 Å². The van der Waals surface area contributed by atoms with Gasteiger partial charge in [0.1, 0.15) is 4.70 Å². The lowest BCUT2D eigenvalue weighted by molar-refractivity contribution is 0.823. The van der Waals surface area contributed by atoms with E-state index in [1.165, 1.54) is 23.1 Å². The van der Waals surface area contributed by atoms with Gasteiger partial charge >= 0.3 is 0 Å². The van der Waals surface area contributed by atoms with Crippen molar-refractivity contribution in [2.45, 2.75) is 5.16 Å². The molecule has 2 aromatic heterocycles. The highest BCUT2D eigenvalue weighted by atomic mass is 32.2. The zero-order valence-electron chi connectivity index (χ0n) is 10.7. The van der Waals surface area contributed by atoms with Gasteiger partial charge in [0.2, 0.25) is 0 Å². The standard InChI is InChI=1S/C15H12N2OS2/c1-2-9-20-15-16-12-8-10-19-13(12)14(18)17(15)11-6-4-3-5-7-11/h2-8,10H,1,9H2. The van der Waals surface area contributed by atoms with E-state index in [2.05, 4.69) is 11.6 Å². The van der Waals surface area contributed by atoms with Crippen LogP contribution in [0.25, 0.3) is 15.9 Å². The number of thioether (sulfide) groups is 1. The number of para-hydroxylation sites is 1. The second-order valence-electron chi connectivity index (χ2n) is 4.11. The highest BCUT2D eigenvalue weighted by Crippen LogP contribution is 2.23. The van der Waals surface area contributed by atoms with Gasteiger partial charge in [-0.1, -0.05) is 36.0 Å². The van der Waals surface area contributed by atoms with Gasteiger partial charge in [0, 0.05) is 5.75 Å². The molecule has 0 aliphatic rings. The summed E-state index contributed by atoms with van der Waals surface area (Å²) in [6.07, 6.45) is 1.81. The predicted molar refractivity (Wildman–Crippen MR) is 86.1 cm³/mol. The number of hydrogen-bond acceptors (Lipinski definition) is 4. The van der Waals surface area contributed by atoms with Crippen LogP contribution in [0.1, 0.15) is 0 Å². The van der Waals surface area contributed by atoms with Gasteiger partial charge in [0.05, 0.1) is 11.2 Å². The number of fused-ring (bicyclic) bond motifs is 1. The third-order valence-electron chi connectivity index (χ3n) is 2.79. The minimum absolute atomic E-state index is 0.0113. The van der Waals surface area contributed by atoms with Crippen LogP contribution in [-0.2, 0) is 0 Å². The van der Waals surface area contributed by atoms with Crippen molar-refractivity contribution in [1.82, 2.24) is 9.55 Å². The van der Waals surface area contributed by atoms with Crippen LogP contribution in [0.5, 0.6) is 0 Å². The molecule has 0 N–H and O–H groups in total. The molecule has 0 bridgehead atoms. The van der Waals surface area contributed by atoms with Crippen LogP contribution in [-0.4, -0.2) is 15.3 Å². The zero-order chi connectivity index (χ0) is 13.9. The SMILES string of the molecule is C=CCSc1nc2ccsc2c(=O)n1-c1ccccc1. The molecule has 1 aromatic carbocycles.